The zero-order chi connectivity index (χ0) is 16.2. The van der Waals surface area contributed by atoms with E-state index in [-0.39, 0.29) is 4.87 Å². The fourth-order valence-corrected chi connectivity index (χ4v) is 3.63. The maximum Gasteiger partial charge on any atom is 0.307 e. The van der Waals surface area contributed by atoms with Crippen molar-refractivity contribution in [1.82, 2.24) is 9.88 Å². The van der Waals surface area contributed by atoms with Gasteiger partial charge >= 0.3 is 4.87 Å². The fourth-order valence-electron chi connectivity index (χ4n) is 2.69. The molecule has 23 heavy (non-hydrogen) atoms. The molecule has 1 N–H and O–H groups in total. The topological polar surface area (TPSA) is 34.0 Å². The molecule has 1 heterocycles. The van der Waals surface area contributed by atoms with Gasteiger partial charge in [-0.2, -0.15) is 0 Å². The van der Waals surface area contributed by atoms with Gasteiger partial charge in [0.1, 0.15) is 0 Å². The highest BCUT2D eigenvalue weighted by Gasteiger charge is 2.04. The van der Waals surface area contributed by atoms with E-state index in [1.165, 1.54) is 28.0 Å². The Bertz CT molecular complexity index is 846. The summed E-state index contributed by atoms with van der Waals surface area (Å²) in [7, 11) is 1.83. The van der Waals surface area contributed by atoms with E-state index < -0.39 is 0 Å². The van der Waals surface area contributed by atoms with Crippen LogP contribution in [0.25, 0.3) is 10.2 Å². The zero-order valence-corrected chi connectivity index (χ0v) is 14.5. The second-order valence-electron chi connectivity index (χ2n) is 5.99. The van der Waals surface area contributed by atoms with Gasteiger partial charge in [-0.1, -0.05) is 47.2 Å². The van der Waals surface area contributed by atoms with Crippen LogP contribution in [0, 0.1) is 6.92 Å². The Kier molecular flexibility index (Phi) is 4.94. The Morgan fingerprint density at radius 2 is 1.83 bits per heavy atom. The van der Waals surface area contributed by atoms with Crippen molar-refractivity contribution in [3.63, 3.8) is 0 Å². The van der Waals surface area contributed by atoms with Gasteiger partial charge < -0.3 is 9.88 Å². The smallest absolute Gasteiger partial charge is 0.307 e. The maximum atomic E-state index is 11.7. The first-order valence-electron chi connectivity index (χ1n) is 7.98. The molecule has 0 spiro atoms. The maximum absolute atomic E-state index is 11.7. The molecule has 4 heteroatoms. The van der Waals surface area contributed by atoms with Gasteiger partial charge in [0.05, 0.1) is 10.2 Å². The number of thiazole rings is 1. The molecule has 0 aliphatic carbocycles. The Labute approximate surface area is 140 Å². The Morgan fingerprint density at radius 1 is 1.09 bits per heavy atom. The Morgan fingerprint density at radius 3 is 2.61 bits per heavy atom. The normalized spacial score (nSPS) is 11.2. The summed E-state index contributed by atoms with van der Waals surface area (Å²) in [6.45, 7) is 4.02. The van der Waals surface area contributed by atoms with Crippen molar-refractivity contribution in [2.45, 2.75) is 26.3 Å². The minimum Gasteiger partial charge on any atom is -0.313 e. The van der Waals surface area contributed by atoms with Crippen molar-refractivity contribution in [3.8, 4) is 0 Å². The second kappa shape index (κ2) is 7.11. The van der Waals surface area contributed by atoms with Gasteiger partial charge in [0, 0.05) is 13.6 Å². The van der Waals surface area contributed by atoms with E-state index in [9.17, 15) is 4.79 Å². The number of hydrogen-bond acceptors (Lipinski definition) is 3. The number of hydrogen-bond donors (Lipinski definition) is 1. The largest absolute Gasteiger partial charge is 0.313 e. The van der Waals surface area contributed by atoms with Gasteiger partial charge in [-0.3, -0.25) is 4.79 Å². The molecule has 3 rings (SSSR count). The van der Waals surface area contributed by atoms with Gasteiger partial charge in [-0.05, 0) is 49.6 Å². The molecular formula is C19H22N2OS. The molecule has 0 atom stereocenters. The molecular weight excluding hydrogens is 304 g/mol. The Hall–Kier alpha value is -1.91. The van der Waals surface area contributed by atoms with Crippen LogP contribution in [0.1, 0.15) is 23.1 Å². The molecule has 0 amide bonds. The first-order valence-corrected chi connectivity index (χ1v) is 8.80. The van der Waals surface area contributed by atoms with E-state index in [4.69, 9.17) is 0 Å². The van der Waals surface area contributed by atoms with Gasteiger partial charge in [0.25, 0.3) is 0 Å². The number of nitrogens with one attached hydrogen (secondary N) is 1. The van der Waals surface area contributed by atoms with Gasteiger partial charge in [-0.25, -0.2) is 0 Å². The predicted octanol–water partition coefficient (Wildman–Crippen LogP) is 3.63. The summed E-state index contributed by atoms with van der Waals surface area (Å²) < 4.78 is 2.80. The molecule has 0 aliphatic rings. The third-order valence-electron chi connectivity index (χ3n) is 4.13. The highest BCUT2D eigenvalue weighted by atomic mass is 32.1. The number of aryl methyl sites for hydroxylation is 3. The van der Waals surface area contributed by atoms with Gasteiger partial charge in [-0.15, -0.1) is 0 Å². The molecule has 2 aromatic carbocycles. The van der Waals surface area contributed by atoms with Crippen LogP contribution in [0.4, 0.5) is 0 Å². The van der Waals surface area contributed by atoms with Crippen LogP contribution in [-0.4, -0.2) is 11.1 Å². The van der Waals surface area contributed by atoms with Crippen molar-refractivity contribution < 1.29 is 0 Å². The van der Waals surface area contributed by atoms with E-state index in [1.807, 2.05) is 7.05 Å². The third-order valence-corrected chi connectivity index (χ3v) is 5.12. The lowest BCUT2D eigenvalue weighted by Gasteiger charge is -2.06. The lowest BCUT2D eigenvalue weighted by atomic mass is 10.1. The Balaban J connectivity index is 1.49. The summed E-state index contributed by atoms with van der Waals surface area (Å²) in [5, 5.41) is 3.49. The molecule has 120 valence electrons. The molecule has 0 unspecified atom stereocenters. The summed E-state index contributed by atoms with van der Waals surface area (Å²) in [5.74, 6) is 0. The van der Waals surface area contributed by atoms with Crippen molar-refractivity contribution in [1.29, 1.82) is 0 Å². The predicted molar refractivity (Wildman–Crippen MR) is 98.3 cm³/mol. The lowest BCUT2D eigenvalue weighted by Crippen LogP contribution is -2.15. The molecule has 0 fully saturated rings. The third kappa shape index (κ3) is 3.89. The first kappa shape index (κ1) is 16.0. The first-order chi connectivity index (χ1) is 11.1. The number of nitrogens with zero attached hydrogens (tertiary/aromatic N) is 1. The van der Waals surface area contributed by atoms with Crippen molar-refractivity contribution >= 4 is 21.6 Å². The highest BCUT2D eigenvalue weighted by Crippen LogP contribution is 2.19. The summed E-state index contributed by atoms with van der Waals surface area (Å²) in [5.41, 5.74) is 4.95. The number of aromatic nitrogens is 1. The lowest BCUT2D eigenvalue weighted by molar-refractivity contribution is 0.649. The zero-order valence-electron chi connectivity index (χ0n) is 13.6. The molecule has 3 aromatic rings. The number of benzene rings is 2. The number of fused-ring (bicyclic) bond motifs is 1. The summed E-state index contributed by atoms with van der Waals surface area (Å²) in [6, 6.07) is 15.0. The second-order valence-corrected chi connectivity index (χ2v) is 6.99. The molecule has 0 radical (unpaired) electrons. The van der Waals surface area contributed by atoms with E-state index in [0.29, 0.717) is 0 Å². The van der Waals surface area contributed by atoms with Gasteiger partial charge in [0.2, 0.25) is 0 Å². The SMILES string of the molecule is Cc1ccc(CNCCCc2ccc3c(c2)sc(=O)n3C)cc1. The van der Waals surface area contributed by atoms with Crippen molar-refractivity contribution in [3.05, 3.63) is 68.8 Å². The quantitative estimate of drug-likeness (QED) is 0.702. The molecule has 0 saturated carbocycles. The van der Waals surface area contributed by atoms with Crippen molar-refractivity contribution in [2.24, 2.45) is 7.05 Å². The van der Waals surface area contributed by atoms with Gasteiger partial charge in [0.15, 0.2) is 0 Å². The summed E-state index contributed by atoms with van der Waals surface area (Å²) in [6.07, 6.45) is 2.13. The van der Waals surface area contributed by atoms with Crippen LogP contribution in [-0.2, 0) is 20.0 Å². The molecule has 1 aromatic heterocycles. The minimum absolute atomic E-state index is 0.108. The molecule has 3 nitrogen and oxygen atoms in total. The average molecular weight is 326 g/mol. The van der Waals surface area contributed by atoms with Crippen LogP contribution in [0.5, 0.6) is 0 Å². The standard InChI is InChI=1S/C19H22N2OS/c1-14-5-7-16(8-6-14)13-20-11-3-4-15-9-10-17-18(12-15)23-19(22)21(17)2/h5-10,12,20H,3-4,11,13H2,1-2H3. The minimum atomic E-state index is 0.108. The fraction of sp³-hybridized carbons (Fsp3) is 0.316. The average Bonchev–Trinajstić information content (AvgIpc) is 2.83. The van der Waals surface area contributed by atoms with Crippen LogP contribution < -0.4 is 10.2 Å². The van der Waals surface area contributed by atoms with Crippen LogP contribution in [0.2, 0.25) is 0 Å². The van der Waals surface area contributed by atoms with E-state index in [1.54, 1.807) is 4.57 Å². The van der Waals surface area contributed by atoms with E-state index >= 15 is 0 Å². The van der Waals surface area contributed by atoms with E-state index in [0.717, 1.165) is 36.1 Å². The van der Waals surface area contributed by atoms with E-state index in [2.05, 4.69) is 54.7 Å². The molecule has 0 saturated heterocycles. The van der Waals surface area contributed by atoms with Crippen LogP contribution in [0.3, 0.4) is 0 Å². The van der Waals surface area contributed by atoms with Crippen molar-refractivity contribution in [2.75, 3.05) is 6.54 Å². The molecule has 0 aliphatic heterocycles. The molecule has 0 bridgehead atoms. The summed E-state index contributed by atoms with van der Waals surface area (Å²) in [4.78, 5) is 11.8. The van der Waals surface area contributed by atoms with Crippen LogP contribution in [0.15, 0.2) is 47.3 Å². The number of rotatable bonds is 6. The highest BCUT2D eigenvalue weighted by molar-refractivity contribution is 7.16. The monoisotopic (exact) mass is 326 g/mol. The van der Waals surface area contributed by atoms with Crippen LogP contribution >= 0.6 is 11.3 Å². The summed E-state index contributed by atoms with van der Waals surface area (Å²) >= 11 is 1.33.